The van der Waals surface area contributed by atoms with Crippen molar-refractivity contribution in [3.05, 3.63) is 0 Å². The van der Waals surface area contributed by atoms with Gasteiger partial charge in [0.15, 0.2) is 0 Å². The fourth-order valence-corrected chi connectivity index (χ4v) is 2.73. The van der Waals surface area contributed by atoms with Crippen LogP contribution in [0.25, 0.3) is 0 Å². The molecule has 0 aromatic carbocycles. The molecule has 0 radical (unpaired) electrons. The number of hydrogen-bond donors (Lipinski definition) is 5. The summed E-state index contributed by atoms with van der Waals surface area (Å²) in [4.78, 5) is 10.6. The molecule has 0 atom stereocenters. The first kappa shape index (κ1) is 27.8. The normalized spacial score (nSPS) is 12.0. The molecule has 25 heavy (non-hydrogen) atoms. The standard InChI is InChI=1S/C18H36O6.Ca.2H/c1-2-3-4-5-6-7-8-9-10-11-12-13-14-15-17(21,22)18(23,24)16(19)20;;;/h21-24H,2-15H2,1H3,(H,19,20);;;/q;+2;2*-1. The number of carboxylic acid groups (broad SMARTS) is 1. The van der Waals surface area contributed by atoms with E-state index in [9.17, 15) is 15.0 Å². The van der Waals surface area contributed by atoms with Crippen molar-refractivity contribution in [2.24, 2.45) is 0 Å². The molecule has 0 spiro atoms. The number of carbonyl (C=O) groups is 1. The summed E-state index contributed by atoms with van der Waals surface area (Å²) in [5.41, 5.74) is 0. The molecule has 0 heterocycles. The molecule has 0 bridgehead atoms. The Balaban J connectivity index is -0.000000882. The summed E-state index contributed by atoms with van der Waals surface area (Å²) in [5, 5.41) is 45.8. The SMILES string of the molecule is CCCCCCCCCCCCCCCC(O)(O)C(O)(O)C(=O)O.[Ca+2].[H-].[H-]. The van der Waals surface area contributed by atoms with Gasteiger partial charge in [0.2, 0.25) is 5.79 Å². The van der Waals surface area contributed by atoms with Gasteiger partial charge >= 0.3 is 49.5 Å². The van der Waals surface area contributed by atoms with Gasteiger partial charge in [-0.3, -0.25) is 0 Å². The third kappa shape index (κ3) is 12.6. The van der Waals surface area contributed by atoms with Crippen molar-refractivity contribution < 1.29 is 33.2 Å². The Kier molecular flexibility index (Phi) is 17.3. The van der Waals surface area contributed by atoms with Gasteiger partial charge in [-0.1, -0.05) is 84.0 Å². The fourth-order valence-electron chi connectivity index (χ4n) is 2.73. The van der Waals surface area contributed by atoms with E-state index in [0.29, 0.717) is 12.8 Å². The van der Waals surface area contributed by atoms with Gasteiger partial charge < -0.3 is 28.4 Å². The maximum atomic E-state index is 10.6. The van der Waals surface area contributed by atoms with Gasteiger partial charge in [0.25, 0.3) is 0 Å². The molecule has 0 aromatic heterocycles. The van der Waals surface area contributed by atoms with Crippen molar-refractivity contribution >= 4 is 43.7 Å². The Labute approximate surface area is 184 Å². The van der Waals surface area contributed by atoms with Crippen molar-refractivity contribution in [3.63, 3.8) is 0 Å². The summed E-state index contributed by atoms with van der Waals surface area (Å²) in [6.45, 7) is 2.22. The number of hydrogen-bond acceptors (Lipinski definition) is 5. The van der Waals surface area contributed by atoms with E-state index in [1.165, 1.54) is 51.4 Å². The maximum Gasteiger partial charge on any atom is 2.00 e. The van der Waals surface area contributed by atoms with Crippen molar-refractivity contribution in [1.29, 1.82) is 0 Å². The molecule has 0 aliphatic heterocycles. The monoisotopic (exact) mass is 390 g/mol. The van der Waals surface area contributed by atoms with Crippen LogP contribution in [0.3, 0.4) is 0 Å². The van der Waals surface area contributed by atoms with Crippen molar-refractivity contribution in [1.82, 2.24) is 0 Å². The second-order valence-corrected chi connectivity index (χ2v) is 6.79. The zero-order valence-corrected chi connectivity index (χ0v) is 18.0. The first-order valence-electron chi connectivity index (χ1n) is 9.38. The third-order valence-electron chi connectivity index (χ3n) is 4.49. The number of unbranched alkanes of at least 4 members (excludes halogenated alkanes) is 12. The van der Waals surface area contributed by atoms with Crippen LogP contribution in [0.4, 0.5) is 0 Å². The van der Waals surface area contributed by atoms with E-state index in [0.717, 1.165) is 19.3 Å². The number of aliphatic carboxylic acids is 1. The molecular formula is C18H38CaO6. The van der Waals surface area contributed by atoms with Gasteiger partial charge in [0, 0.05) is 6.42 Å². The first-order valence-corrected chi connectivity index (χ1v) is 9.38. The van der Waals surface area contributed by atoms with E-state index in [-0.39, 0.29) is 47.0 Å². The van der Waals surface area contributed by atoms with E-state index < -0.39 is 17.5 Å². The predicted octanol–water partition coefficient (Wildman–Crippen LogP) is 2.76. The Morgan fingerprint density at radius 2 is 1.04 bits per heavy atom. The Hall–Kier alpha value is 0.570. The van der Waals surface area contributed by atoms with Crippen LogP contribution < -0.4 is 0 Å². The van der Waals surface area contributed by atoms with E-state index in [2.05, 4.69) is 6.92 Å². The molecule has 0 rings (SSSR count). The largest absolute Gasteiger partial charge is 2.00 e. The summed E-state index contributed by atoms with van der Waals surface area (Å²) < 4.78 is 0. The molecule has 0 saturated carbocycles. The van der Waals surface area contributed by atoms with Crippen LogP contribution in [0.1, 0.15) is 99.7 Å². The Morgan fingerprint density at radius 1 is 0.720 bits per heavy atom. The molecule has 6 nitrogen and oxygen atoms in total. The van der Waals surface area contributed by atoms with Gasteiger partial charge in [0.05, 0.1) is 0 Å². The Morgan fingerprint density at radius 3 is 1.36 bits per heavy atom. The summed E-state index contributed by atoms with van der Waals surface area (Å²) in [6.07, 6.45) is 14.2. The zero-order chi connectivity index (χ0) is 18.5. The van der Waals surface area contributed by atoms with E-state index in [1.807, 2.05) is 0 Å². The van der Waals surface area contributed by atoms with E-state index in [1.54, 1.807) is 0 Å². The van der Waals surface area contributed by atoms with Crippen molar-refractivity contribution in [2.45, 2.75) is 108 Å². The van der Waals surface area contributed by atoms with Crippen molar-refractivity contribution in [3.8, 4) is 0 Å². The van der Waals surface area contributed by atoms with Crippen LogP contribution in [-0.2, 0) is 4.79 Å². The van der Waals surface area contributed by atoms with Crippen LogP contribution in [0.5, 0.6) is 0 Å². The van der Waals surface area contributed by atoms with Crippen LogP contribution >= 0.6 is 0 Å². The molecule has 0 aromatic rings. The second-order valence-electron chi connectivity index (χ2n) is 6.79. The molecular weight excluding hydrogens is 352 g/mol. The molecule has 0 fully saturated rings. The van der Waals surface area contributed by atoms with E-state index in [4.69, 9.17) is 15.3 Å². The van der Waals surface area contributed by atoms with Gasteiger partial charge in [0.1, 0.15) is 0 Å². The fraction of sp³-hybridized carbons (Fsp3) is 0.944. The summed E-state index contributed by atoms with van der Waals surface area (Å²) >= 11 is 0. The average molecular weight is 391 g/mol. The van der Waals surface area contributed by atoms with Gasteiger partial charge in [-0.05, 0) is 6.42 Å². The minimum atomic E-state index is -3.54. The summed E-state index contributed by atoms with van der Waals surface area (Å²) in [7, 11) is 0. The number of aliphatic hydroxyl groups is 4. The van der Waals surface area contributed by atoms with Crippen LogP contribution in [-0.4, -0.2) is 80.8 Å². The molecule has 7 heteroatoms. The average Bonchev–Trinajstić information content (AvgIpc) is 2.51. The Bertz CT molecular complexity index is 344. The van der Waals surface area contributed by atoms with Crippen molar-refractivity contribution in [2.75, 3.05) is 0 Å². The first-order chi connectivity index (χ1) is 11.3. The third-order valence-corrected chi connectivity index (χ3v) is 4.49. The molecule has 5 N–H and O–H groups in total. The number of rotatable bonds is 16. The smallest absolute Gasteiger partial charge is 1.00 e. The summed E-state index contributed by atoms with van der Waals surface area (Å²) in [5.74, 6) is -8.64. The quantitative estimate of drug-likeness (QED) is 0.157. The molecule has 0 amide bonds. The molecule has 0 unspecified atom stereocenters. The minimum Gasteiger partial charge on any atom is -1.00 e. The molecule has 148 valence electrons. The second kappa shape index (κ2) is 15.6. The van der Waals surface area contributed by atoms with Crippen LogP contribution in [0.2, 0.25) is 0 Å². The molecule has 0 aliphatic carbocycles. The number of carboxylic acids is 1. The predicted molar refractivity (Wildman–Crippen MR) is 100 cm³/mol. The van der Waals surface area contributed by atoms with Crippen LogP contribution in [0.15, 0.2) is 0 Å². The molecule has 0 saturated heterocycles. The van der Waals surface area contributed by atoms with Gasteiger partial charge in [-0.25, -0.2) is 4.79 Å². The topological polar surface area (TPSA) is 118 Å². The maximum absolute atomic E-state index is 10.6. The minimum absolute atomic E-state index is 0. The van der Waals surface area contributed by atoms with Gasteiger partial charge in [-0.15, -0.1) is 0 Å². The van der Waals surface area contributed by atoms with Crippen LogP contribution in [0, 0.1) is 0 Å². The zero-order valence-electron chi connectivity index (χ0n) is 17.8. The summed E-state index contributed by atoms with van der Waals surface area (Å²) in [6, 6.07) is 0. The van der Waals surface area contributed by atoms with E-state index >= 15 is 0 Å². The molecule has 0 aliphatic rings. The van der Waals surface area contributed by atoms with Gasteiger partial charge in [-0.2, -0.15) is 0 Å².